The van der Waals surface area contributed by atoms with Gasteiger partial charge in [0.25, 0.3) is 10.2 Å². The first-order valence-corrected chi connectivity index (χ1v) is 8.54. The molecule has 19 heavy (non-hydrogen) atoms. The van der Waals surface area contributed by atoms with Crippen LogP contribution in [0.2, 0.25) is 0 Å². The molecule has 1 aromatic rings. The second-order valence-electron chi connectivity index (χ2n) is 4.79. The van der Waals surface area contributed by atoms with Gasteiger partial charge >= 0.3 is 0 Å². The molecule has 7 heteroatoms. The molecule has 0 spiro atoms. The van der Waals surface area contributed by atoms with E-state index in [0.29, 0.717) is 0 Å². The average Bonchev–Trinajstić information content (AvgIpc) is 2.89. The van der Waals surface area contributed by atoms with Crippen LogP contribution in [0.5, 0.6) is 0 Å². The highest BCUT2D eigenvalue weighted by Gasteiger charge is 2.28. The lowest BCUT2D eigenvalue weighted by molar-refractivity contribution is 0.366. The maximum Gasteiger partial charge on any atom is 0.279 e. The van der Waals surface area contributed by atoms with Gasteiger partial charge in [0.15, 0.2) is 0 Å². The van der Waals surface area contributed by atoms with Crippen molar-refractivity contribution in [1.82, 2.24) is 14.0 Å². The SMILES string of the molecule is CN(C1CCCC1)S(=O)(=O)NCc1cncc(Br)c1. The van der Waals surface area contributed by atoms with E-state index in [1.54, 1.807) is 19.4 Å². The average molecular weight is 348 g/mol. The van der Waals surface area contributed by atoms with Crippen LogP contribution in [0.15, 0.2) is 22.9 Å². The van der Waals surface area contributed by atoms with Gasteiger partial charge in [0.2, 0.25) is 0 Å². The molecular formula is C12H18BrN3O2S. The lowest BCUT2D eigenvalue weighted by Crippen LogP contribution is -2.42. The van der Waals surface area contributed by atoms with Gasteiger partial charge in [0, 0.05) is 36.5 Å². The van der Waals surface area contributed by atoms with Crippen molar-refractivity contribution >= 4 is 26.1 Å². The molecule has 1 saturated carbocycles. The third-order valence-electron chi connectivity index (χ3n) is 3.44. The third kappa shape index (κ3) is 3.98. The van der Waals surface area contributed by atoms with Crippen molar-refractivity contribution in [3.63, 3.8) is 0 Å². The molecule has 2 rings (SSSR count). The van der Waals surface area contributed by atoms with Crippen LogP contribution in [0.1, 0.15) is 31.2 Å². The van der Waals surface area contributed by atoms with Crippen LogP contribution in [-0.4, -0.2) is 30.8 Å². The number of rotatable bonds is 5. The van der Waals surface area contributed by atoms with Gasteiger partial charge in [-0.1, -0.05) is 12.8 Å². The summed E-state index contributed by atoms with van der Waals surface area (Å²) in [5.74, 6) is 0. The minimum atomic E-state index is -3.41. The van der Waals surface area contributed by atoms with Crippen LogP contribution in [0.4, 0.5) is 0 Å². The molecule has 0 amide bonds. The molecule has 5 nitrogen and oxygen atoms in total. The van der Waals surface area contributed by atoms with Gasteiger partial charge in [-0.15, -0.1) is 0 Å². The fraction of sp³-hybridized carbons (Fsp3) is 0.583. The molecule has 0 aromatic carbocycles. The summed E-state index contributed by atoms with van der Waals surface area (Å²) in [6.07, 6.45) is 7.46. The summed E-state index contributed by atoms with van der Waals surface area (Å²) in [6.45, 7) is 0.256. The number of pyridine rings is 1. The van der Waals surface area contributed by atoms with Gasteiger partial charge in [0.1, 0.15) is 0 Å². The minimum absolute atomic E-state index is 0.137. The Labute approximate surface area is 122 Å². The van der Waals surface area contributed by atoms with Crippen molar-refractivity contribution in [1.29, 1.82) is 0 Å². The van der Waals surface area contributed by atoms with Crippen molar-refractivity contribution in [2.75, 3.05) is 7.05 Å². The molecule has 1 fully saturated rings. The molecule has 0 unspecified atom stereocenters. The van der Waals surface area contributed by atoms with E-state index in [1.165, 1.54) is 4.31 Å². The lowest BCUT2D eigenvalue weighted by Gasteiger charge is -2.23. The molecule has 1 heterocycles. The molecular weight excluding hydrogens is 330 g/mol. The van der Waals surface area contributed by atoms with E-state index in [4.69, 9.17) is 0 Å². The molecule has 0 bridgehead atoms. The Hall–Kier alpha value is -0.500. The molecule has 0 radical (unpaired) electrons. The van der Waals surface area contributed by atoms with E-state index in [1.807, 2.05) is 6.07 Å². The monoisotopic (exact) mass is 347 g/mol. The summed E-state index contributed by atoms with van der Waals surface area (Å²) in [7, 11) is -1.76. The highest BCUT2D eigenvalue weighted by atomic mass is 79.9. The summed E-state index contributed by atoms with van der Waals surface area (Å²) in [6, 6.07) is 1.99. The van der Waals surface area contributed by atoms with Gasteiger partial charge in [-0.2, -0.15) is 17.4 Å². The number of hydrogen-bond donors (Lipinski definition) is 1. The van der Waals surface area contributed by atoms with E-state index in [-0.39, 0.29) is 12.6 Å². The molecule has 0 atom stereocenters. The second-order valence-corrected chi connectivity index (χ2v) is 7.52. The number of nitrogens with zero attached hydrogens (tertiary/aromatic N) is 2. The minimum Gasteiger partial charge on any atom is -0.263 e. The van der Waals surface area contributed by atoms with Crippen LogP contribution < -0.4 is 4.72 Å². The Morgan fingerprint density at radius 3 is 2.74 bits per heavy atom. The molecule has 0 saturated heterocycles. The number of halogens is 1. The normalized spacial score (nSPS) is 17.2. The standard InChI is InChI=1S/C12H18BrN3O2S/c1-16(12-4-2-3-5-12)19(17,18)15-8-10-6-11(13)9-14-7-10/h6-7,9,12,15H,2-5,8H2,1H3. The summed E-state index contributed by atoms with van der Waals surface area (Å²) in [5, 5.41) is 0. The summed E-state index contributed by atoms with van der Waals surface area (Å²) >= 11 is 3.32. The summed E-state index contributed by atoms with van der Waals surface area (Å²) < 4.78 is 29.2. The van der Waals surface area contributed by atoms with Crippen LogP contribution in [0.3, 0.4) is 0 Å². The van der Waals surface area contributed by atoms with Crippen LogP contribution in [-0.2, 0) is 16.8 Å². The first-order chi connectivity index (χ1) is 8.99. The first-order valence-electron chi connectivity index (χ1n) is 6.31. The van der Waals surface area contributed by atoms with Gasteiger partial charge < -0.3 is 0 Å². The van der Waals surface area contributed by atoms with Crippen LogP contribution >= 0.6 is 15.9 Å². The van der Waals surface area contributed by atoms with Gasteiger partial charge in [-0.3, -0.25) is 4.98 Å². The van der Waals surface area contributed by atoms with Crippen molar-refractivity contribution in [3.8, 4) is 0 Å². The van der Waals surface area contributed by atoms with Gasteiger partial charge in [-0.05, 0) is 40.4 Å². The number of hydrogen-bond acceptors (Lipinski definition) is 3. The van der Waals surface area contributed by atoms with Gasteiger partial charge in [0.05, 0.1) is 0 Å². The lowest BCUT2D eigenvalue weighted by atomic mass is 10.3. The molecule has 1 aromatic heterocycles. The zero-order valence-electron chi connectivity index (χ0n) is 10.8. The Morgan fingerprint density at radius 1 is 1.42 bits per heavy atom. The van der Waals surface area contributed by atoms with E-state index in [2.05, 4.69) is 25.6 Å². The largest absolute Gasteiger partial charge is 0.279 e. The highest BCUT2D eigenvalue weighted by Crippen LogP contribution is 2.23. The highest BCUT2D eigenvalue weighted by molar-refractivity contribution is 9.10. The predicted octanol–water partition coefficient (Wildman–Crippen LogP) is 2.05. The van der Waals surface area contributed by atoms with Crippen molar-refractivity contribution in [3.05, 3.63) is 28.5 Å². The summed E-state index contributed by atoms with van der Waals surface area (Å²) in [5.41, 5.74) is 0.831. The van der Waals surface area contributed by atoms with Crippen molar-refractivity contribution in [2.45, 2.75) is 38.3 Å². The fourth-order valence-corrected chi connectivity index (χ4v) is 3.86. The number of aromatic nitrogens is 1. The topological polar surface area (TPSA) is 62.3 Å². The van der Waals surface area contributed by atoms with E-state index >= 15 is 0 Å². The predicted molar refractivity (Wildman–Crippen MR) is 77.7 cm³/mol. The number of nitrogens with one attached hydrogen (secondary N) is 1. The maximum absolute atomic E-state index is 12.2. The van der Waals surface area contributed by atoms with Crippen LogP contribution in [0.25, 0.3) is 0 Å². The Kier molecular flexibility index (Phi) is 4.94. The molecule has 106 valence electrons. The zero-order chi connectivity index (χ0) is 13.9. The van der Waals surface area contributed by atoms with E-state index < -0.39 is 10.2 Å². The van der Waals surface area contributed by atoms with Crippen molar-refractivity contribution < 1.29 is 8.42 Å². The maximum atomic E-state index is 12.2. The third-order valence-corrected chi connectivity index (χ3v) is 5.44. The fourth-order valence-electron chi connectivity index (χ4n) is 2.29. The Morgan fingerprint density at radius 2 is 2.11 bits per heavy atom. The quantitative estimate of drug-likeness (QED) is 0.886. The van der Waals surface area contributed by atoms with Crippen molar-refractivity contribution in [2.24, 2.45) is 0 Å². The smallest absolute Gasteiger partial charge is 0.263 e. The molecule has 1 aliphatic rings. The first kappa shape index (κ1) is 14.9. The Balaban J connectivity index is 1.97. The van der Waals surface area contributed by atoms with E-state index in [9.17, 15) is 8.42 Å². The van der Waals surface area contributed by atoms with E-state index in [0.717, 1.165) is 35.7 Å². The zero-order valence-corrected chi connectivity index (χ0v) is 13.2. The molecule has 1 aliphatic carbocycles. The van der Waals surface area contributed by atoms with Crippen LogP contribution in [0, 0.1) is 0 Å². The summed E-state index contributed by atoms with van der Waals surface area (Å²) in [4.78, 5) is 4.01. The molecule has 1 N–H and O–H groups in total. The Bertz CT molecular complexity index is 530. The second kappa shape index (κ2) is 6.30. The molecule has 0 aliphatic heterocycles. The van der Waals surface area contributed by atoms with Gasteiger partial charge in [-0.25, -0.2) is 0 Å².